The number of anilines is 1. The summed E-state index contributed by atoms with van der Waals surface area (Å²) in [5.41, 5.74) is -2.21. The molecular weight excluding hydrogens is 275 g/mol. The average Bonchev–Trinajstić information content (AvgIpc) is 2.72. The quantitative estimate of drug-likeness (QED) is 0.898. The third-order valence-electron chi connectivity index (χ3n) is 3.51. The van der Waals surface area contributed by atoms with E-state index in [0.29, 0.717) is 0 Å². The van der Waals surface area contributed by atoms with Gasteiger partial charge in [-0.15, -0.1) is 0 Å². The molecule has 0 saturated carbocycles. The van der Waals surface area contributed by atoms with Gasteiger partial charge in [0.2, 0.25) is 0 Å². The Morgan fingerprint density at radius 2 is 2.10 bits per heavy atom. The zero-order chi connectivity index (χ0) is 15.0. The third-order valence-corrected chi connectivity index (χ3v) is 3.51. The molecule has 0 bridgehead atoms. The van der Waals surface area contributed by atoms with Crippen LogP contribution in [0.5, 0.6) is 0 Å². The van der Waals surface area contributed by atoms with Crippen molar-refractivity contribution in [2.75, 3.05) is 18.5 Å². The zero-order valence-corrected chi connectivity index (χ0v) is 10.7. The molecule has 1 saturated heterocycles. The zero-order valence-electron chi connectivity index (χ0n) is 10.7. The number of carboxylic acid groups (broad SMARTS) is 1. The van der Waals surface area contributed by atoms with Crippen LogP contribution in [0.1, 0.15) is 12.5 Å². The van der Waals surface area contributed by atoms with Crippen molar-refractivity contribution in [2.24, 2.45) is 5.41 Å². The maximum Gasteiger partial charge on any atom is 0.418 e. The second kappa shape index (κ2) is 4.97. The number of alkyl halides is 3. The largest absolute Gasteiger partial charge is 0.481 e. The predicted octanol–water partition coefficient (Wildman–Crippen LogP) is 2.61. The molecule has 2 unspecified atom stereocenters. The van der Waals surface area contributed by atoms with E-state index in [9.17, 15) is 23.1 Å². The van der Waals surface area contributed by atoms with Gasteiger partial charge in [-0.1, -0.05) is 12.1 Å². The van der Waals surface area contributed by atoms with E-state index in [1.807, 2.05) is 0 Å². The van der Waals surface area contributed by atoms with E-state index in [1.165, 1.54) is 25.1 Å². The summed E-state index contributed by atoms with van der Waals surface area (Å²) >= 11 is 0. The molecule has 1 aliphatic heterocycles. The Morgan fingerprint density at radius 1 is 1.45 bits per heavy atom. The summed E-state index contributed by atoms with van der Waals surface area (Å²) in [7, 11) is 0. The van der Waals surface area contributed by atoms with Crippen LogP contribution >= 0.6 is 0 Å². The minimum absolute atomic E-state index is 0.0335. The van der Waals surface area contributed by atoms with E-state index in [2.05, 4.69) is 5.32 Å². The number of nitrogens with one attached hydrogen (secondary N) is 1. The van der Waals surface area contributed by atoms with Crippen molar-refractivity contribution >= 4 is 11.7 Å². The highest BCUT2D eigenvalue weighted by Gasteiger charge is 2.47. The number of carbonyl (C=O) groups is 1. The molecule has 0 radical (unpaired) electrons. The number of para-hydroxylation sites is 1. The molecule has 1 aromatic rings. The molecule has 2 rings (SSSR count). The first-order chi connectivity index (χ1) is 9.25. The third kappa shape index (κ3) is 2.58. The molecule has 2 atom stereocenters. The molecule has 1 aliphatic rings. The Labute approximate surface area is 113 Å². The topological polar surface area (TPSA) is 58.6 Å². The van der Waals surface area contributed by atoms with E-state index in [4.69, 9.17) is 4.74 Å². The molecule has 110 valence electrons. The number of hydrogen-bond donors (Lipinski definition) is 2. The number of hydrogen-bond acceptors (Lipinski definition) is 3. The van der Waals surface area contributed by atoms with Gasteiger partial charge in [-0.05, 0) is 19.1 Å². The fourth-order valence-corrected chi connectivity index (χ4v) is 2.13. The number of halogens is 3. The van der Waals surface area contributed by atoms with Gasteiger partial charge in [0.1, 0.15) is 5.41 Å². The maximum absolute atomic E-state index is 12.9. The van der Waals surface area contributed by atoms with Crippen LogP contribution in [-0.4, -0.2) is 30.3 Å². The summed E-state index contributed by atoms with van der Waals surface area (Å²) in [4.78, 5) is 11.3. The Kier molecular flexibility index (Phi) is 3.64. The minimum Gasteiger partial charge on any atom is -0.481 e. The molecule has 0 amide bonds. The van der Waals surface area contributed by atoms with Crippen LogP contribution in [0.3, 0.4) is 0 Å². The number of aliphatic carboxylic acids is 1. The van der Waals surface area contributed by atoms with Crippen molar-refractivity contribution in [1.82, 2.24) is 0 Å². The van der Waals surface area contributed by atoms with Gasteiger partial charge in [0, 0.05) is 5.69 Å². The molecule has 1 heterocycles. The van der Waals surface area contributed by atoms with Gasteiger partial charge in [-0.3, -0.25) is 4.79 Å². The van der Waals surface area contributed by atoms with Crippen molar-refractivity contribution in [3.8, 4) is 0 Å². The van der Waals surface area contributed by atoms with Crippen LogP contribution in [-0.2, 0) is 15.7 Å². The minimum atomic E-state index is -4.50. The molecule has 2 N–H and O–H groups in total. The van der Waals surface area contributed by atoms with Crippen LogP contribution in [0.15, 0.2) is 24.3 Å². The molecule has 20 heavy (non-hydrogen) atoms. The fraction of sp³-hybridized carbons (Fsp3) is 0.462. The van der Waals surface area contributed by atoms with E-state index in [1.54, 1.807) is 0 Å². The van der Waals surface area contributed by atoms with Crippen LogP contribution in [0.25, 0.3) is 0 Å². The SMILES string of the molecule is CC1(C(=O)O)COCC1Nc1ccccc1C(F)(F)F. The summed E-state index contributed by atoms with van der Waals surface area (Å²) in [6.07, 6.45) is -4.50. The number of benzene rings is 1. The van der Waals surface area contributed by atoms with Crippen molar-refractivity contribution < 1.29 is 27.8 Å². The first-order valence-corrected chi connectivity index (χ1v) is 5.99. The van der Waals surface area contributed by atoms with Gasteiger partial charge in [0.15, 0.2) is 0 Å². The molecule has 4 nitrogen and oxygen atoms in total. The first-order valence-electron chi connectivity index (χ1n) is 5.99. The number of ether oxygens (including phenoxy) is 1. The smallest absolute Gasteiger partial charge is 0.418 e. The molecule has 0 aromatic heterocycles. The molecule has 1 aromatic carbocycles. The van der Waals surface area contributed by atoms with Crippen molar-refractivity contribution in [1.29, 1.82) is 0 Å². The van der Waals surface area contributed by atoms with Gasteiger partial charge in [0.25, 0.3) is 0 Å². The van der Waals surface area contributed by atoms with Crippen LogP contribution in [0, 0.1) is 5.41 Å². The van der Waals surface area contributed by atoms with Crippen LogP contribution in [0.4, 0.5) is 18.9 Å². The summed E-state index contributed by atoms with van der Waals surface area (Å²) in [6.45, 7) is 1.47. The second-order valence-electron chi connectivity index (χ2n) is 4.98. The van der Waals surface area contributed by atoms with E-state index >= 15 is 0 Å². The lowest BCUT2D eigenvalue weighted by molar-refractivity contribution is -0.148. The normalized spacial score (nSPS) is 26.5. The lowest BCUT2D eigenvalue weighted by Crippen LogP contribution is -2.43. The first kappa shape index (κ1) is 14.6. The Hall–Kier alpha value is -1.76. The molecule has 0 spiro atoms. The average molecular weight is 289 g/mol. The fourth-order valence-electron chi connectivity index (χ4n) is 2.13. The van der Waals surface area contributed by atoms with Gasteiger partial charge in [0.05, 0.1) is 24.8 Å². The van der Waals surface area contributed by atoms with Crippen molar-refractivity contribution in [2.45, 2.75) is 19.1 Å². The van der Waals surface area contributed by atoms with Crippen LogP contribution in [0.2, 0.25) is 0 Å². The van der Waals surface area contributed by atoms with Gasteiger partial charge >= 0.3 is 12.1 Å². The van der Waals surface area contributed by atoms with E-state index in [0.717, 1.165) is 6.07 Å². The lowest BCUT2D eigenvalue weighted by Gasteiger charge is -2.27. The van der Waals surface area contributed by atoms with Crippen molar-refractivity contribution in [3.63, 3.8) is 0 Å². The second-order valence-corrected chi connectivity index (χ2v) is 4.98. The van der Waals surface area contributed by atoms with Gasteiger partial charge in [-0.2, -0.15) is 13.2 Å². The molecular formula is C13H14F3NO3. The number of rotatable bonds is 3. The predicted molar refractivity (Wildman–Crippen MR) is 65.4 cm³/mol. The summed E-state index contributed by atoms with van der Waals surface area (Å²) < 4.78 is 43.8. The molecule has 7 heteroatoms. The summed E-state index contributed by atoms with van der Waals surface area (Å²) in [5, 5.41) is 11.9. The summed E-state index contributed by atoms with van der Waals surface area (Å²) in [5.74, 6) is -1.10. The lowest BCUT2D eigenvalue weighted by atomic mass is 9.85. The monoisotopic (exact) mass is 289 g/mol. The highest BCUT2D eigenvalue weighted by atomic mass is 19.4. The Morgan fingerprint density at radius 3 is 2.70 bits per heavy atom. The Bertz CT molecular complexity index is 518. The summed E-state index contributed by atoms with van der Waals surface area (Å²) in [6, 6.07) is 4.27. The van der Waals surface area contributed by atoms with Gasteiger partial charge < -0.3 is 15.2 Å². The number of carboxylic acids is 1. The highest BCUT2D eigenvalue weighted by Crippen LogP contribution is 2.37. The van der Waals surface area contributed by atoms with E-state index < -0.39 is 29.2 Å². The van der Waals surface area contributed by atoms with Gasteiger partial charge in [-0.25, -0.2) is 0 Å². The highest BCUT2D eigenvalue weighted by molar-refractivity contribution is 5.76. The Balaban J connectivity index is 2.29. The standard InChI is InChI=1S/C13H14F3NO3/c1-12(11(18)19)7-20-6-10(12)17-9-5-3-2-4-8(9)13(14,15)16/h2-5,10,17H,6-7H2,1H3,(H,18,19). The van der Waals surface area contributed by atoms with Crippen molar-refractivity contribution in [3.05, 3.63) is 29.8 Å². The molecule has 1 fully saturated rings. The maximum atomic E-state index is 12.9. The molecule has 0 aliphatic carbocycles. The van der Waals surface area contributed by atoms with Crippen LogP contribution < -0.4 is 5.32 Å². The van der Waals surface area contributed by atoms with E-state index in [-0.39, 0.29) is 18.9 Å².